The molecule has 0 aliphatic rings. The quantitative estimate of drug-likeness (QED) is 0.834. The van der Waals surface area contributed by atoms with E-state index in [1.165, 1.54) is 12.1 Å². The summed E-state index contributed by atoms with van der Waals surface area (Å²) in [6.07, 6.45) is 1.60. The van der Waals surface area contributed by atoms with Gasteiger partial charge >= 0.3 is 0 Å². The third-order valence-corrected chi connectivity index (χ3v) is 1.96. The van der Waals surface area contributed by atoms with E-state index in [-0.39, 0.29) is 18.4 Å². The summed E-state index contributed by atoms with van der Waals surface area (Å²) in [4.78, 5) is 0. The number of halogens is 3. The van der Waals surface area contributed by atoms with Gasteiger partial charge in [-0.15, -0.1) is 12.4 Å². The smallest absolute Gasteiger partial charge is 0.130 e. The highest BCUT2D eigenvalue weighted by Gasteiger charge is 2.10. The highest BCUT2D eigenvalue weighted by molar-refractivity contribution is 5.85. The van der Waals surface area contributed by atoms with E-state index in [9.17, 15) is 8.78 Å². The fraction of sp³-hybridized carbons (Fsp3) is 0.400. The van der Waals surface area contributed by atoms with Gasteiger partial charge in [-0.05, 0) is 12.5 Å². The van der Waals surface area contributed by atoms with Crippen LogP contribution in [0.3, 0.4) is 0 Å². The average Bonchev–Trinajstić information content (AvgIpc) is 2.04. The molecule has 0 amide bonds. The molecule has 0 bridgehead atoms. The van der Waals surface area contributed by atoms with Crippen molar-refractivity contribution in [1.82, 2.24) is 0 Å². The van der Waals surface area contributed by atoms with Crippen LogP contribution in [-0.2, 0) is 0 Å². The molecule has 0 fully saturated rings. The number of nitrogens with two attached hydrogens (primary N) is 1. The van der Waals surface area contributed by atoms with Gasteiger partial charge in [0.15, 0.2) is 0 Å². The van der Waals surface area contributed by atoms with Gasteiger partial charge in [0.05, 0.1) is 0 Å². The van der Waals surface area contributed by atoms with Gasteiger partial charge in [0.2, 0.25) is 0 Å². The summed E-state index contributed by atoms with van der Waals surface area (Å²) >= 11 is 0. The first kappa shape index (κ1) is 13.3. The van der Waals surface area contributed by atoms with Gasteiger partial charge in [-0.3, -0.25) is 0 Å². The van der Waals surface area contributed by atoms with Gasteiger partial charge in [0.1, 0.15) is 11.6 Å². The second-order valence-corrected chi connectivity index (χ2v) is 3.06. The number of hydrogen-bond acceptors (Lipinski definition) is 1. The maximum absolute atomic E-state index is 13.1. The fourth-order valence-electron chi connectivity index (χ4n) is 1.27. The summed E-state index contributed by atoms with van der Waals surface area (Å²) in [5.41, 5.74) is 6.09. The van der Waals surface area contributed by atoms with E-state index < -0.39 is 11.6 Å². The number of benzene rings is 1. The van der Waals surface area contributed by atoms with Gasteiger partial charge in [-0.25, -0.2) is 8.78 Å². The summed E-state index contributed by atoms with van der Waals surface area (Å²) < 4.78 is 25.6. The molecule has 2 N–H and O–H groups in total. The zero-order valence-corrected chi connectivity index (χ0v) is 8.78. The lowest BCUT2D eigenvalue weighted by Crippen LogP contribution is -2.11. The zero-order valence-electron chi connectivity index (χ0n) is 7.97. The van der Waals surface area contributed by atoms with E-state index in [0.717, 1.165) is 12.5 Å². The molecule has 1 rings (SSSR count). The van der Waals surface area contributed by atoms with Crippen LogP contribution in [0.1, 0.15) is 31.4 Å². The normalized spacial score (nSPS) is 12.0. The van der Waals surface area contributed by atoms with Gasteiger partial charge in [0, 0.05) is 17.7 Å². The molecule has 14 heavy (non-hydrogen) atoms. The monoisotopic (exact) mass is 221 g/mol. The van der Waals surface area contributed by atoms with E-state index in [1.54, 1.807) is 0 Å². The standard InChI is InChI=1S/C10H13F2N.ClH/c1-2-3-10(13)8-5-4-7(11)6-9(8)12;/h4-6,10H,2-3,13H2,1H3;1H/t10-;/m1./s1. The van der Waals surface area contributed by atoms with Gasteiger partial charge < -0.3 is 5.73 Å². The Kier molecular flexibility index (Phi) is 5.65. The van der Waals surface area contributed by atoms with Crippen molar-refractivity contribution in [3.8, 4) is 0 Å². The van der Waals surface area contributed by atoms with Crippen LogP contribution >= 0.6 is 12.4 Å². The molecule has 80 valence electrons. The van der Waals surface area contributed by atoms with Crippen molar-refractivity contribution in [2.75, 3.05) is 0 Å². The Hall–Kier alpha value is -0.670. The first-order chi connectivity index (χ1) is 6.15. The second kappa shape index (κ2) is 5.94. The summed E-state index contributed by atoms with van der Waals surface area (Å²) in [6, 6.07) is 3.18. The van der Waals surface area contributed by atoms with Crippen LogP contribution in [0.15, 0.2) is 18.2 Å². The van der Waals surface area contributed by atoms with Crippen LogP contribution in [0.2, 0.25) is 0 Å². The minimum atomic E-state index is -0.565. The first-order valence-electron chi connectivity index (χ1n) is 4.35. The highest BCUT2D eigenvalue weighted by atomic mass is 35.5. The van der Waals surface area contributed by atoms with Crippen molar-refractivity contribution in [2.45, 2.75) is 25.8 Å². The lowest BCUT2D eigenvalue weighted by molar-refractivity contribution is 0.541. The minimum Gasteiger partial charge on any atom is -0.324 e. The molecule has 0 saturated carbocycles. The molecule has 0 aliphatic carbocycles. The molecule has 0 aromatic heterocycles. The van der Waals surface area contributed by atoms with E-state index in [1.807, 2.05) is 6.92 Å². The van der Waals surface area contributed by atoms with Crippen molar-refractivity contribution in [3.63, 3.8) is 0 Å². The minimum absolute atomic E-state index is 0. The van der Waals surface area contributed by atoms with Crippen LogP contribution < -0.4 is 5.73 Å². The lowest BCUT2D eigenvalue weighted by atomic mass is 10.0. The van der Waals surface area contributed by atoms with Crippen molar-refractivity contribution >= 4 is 12.4 Å². The summed E-state index contributed by atoms with van der Waals surface area (Å²) in [7, 11) is 0. The van der Waals surface area contributed by atoms with Crippen molar-refractivity contribution in [3.05, 3.63) is 35.4 Å². The van der Waals surface area contributed by atoms with Gasteiger partial charge in [-0.2, -0.15) is 0 Å². The molecule has 0 heterocycles. The maximum atomic E-state index is 13.1. The second-order valence-electron chi connectivity index (χ2n) is 3.06. The first-order valence-corrected chi connectivity index (χ1v) is 4.35. The Morgan fingerprint density at radius 2 is 2.00 bits per heavy atom. The third kappa shape index (κ3) is 3.24. The Morgan fingerprint density at radius 1 is 1.36 bits per heavy atom. The van der Waals surface area contributed by atoms with E-state index in [0.29, 0.717) is 12.0 Å². The molecule has 0 aliphatic heterocycles. The van der Waals surface area contributed by atoms with Crippen LogP contribution in [0.25, 0.3) is 0 Å². The van der Waals surface area contributed by atoms with Crippen molar-refractivity contribution in [2.24, 2.45) is 5.73 Å². The molecule has 0 saturated heterocycles. The molecule has 1 aromatic carbocycles. The van der Waals surface area contributed by atoms with Crippen molar-refractivity contribution < 1.29 is 8.78 Å². The summed E-state index contributed by atoms with van der Waals surface area (Å²) in [5, 5.41) is 0. The van der Waals surface area contributed by atoms with Crippen molar-refractivity contribution in [1.29, 1.82) is 0 Å². The van der Waals surface area contributed by atoms with Crippen LogP contribution in [0.4, 0.5) is 8.78 Å². The highest BCUT2D eigenvalue weighted by Crippen LogP contribution is 2.19. The lowest BCUT2D eigenvalue weighted by Gasteiger charge is -2.11. The summed E-state index contributed by atoms with van der Waals surface area (Å²) in [6.45, 7) is 1.97. The molecule has 4 heteroatoms. The number of hydrogen-bond donors (Lipinski definition) is 1. The van der Waals surface area contributed by atoms with Gasteiger partial charge in [0.25, 0.3) is 0 Å². The Balaban J connectivity index is 0.00000169. The van der Waals surface area contributed by atoms with Gasteiger partial charge in [-0.1, -0.05) is 19.4 Å². The molecular weight excluding hydrogens is 208 g/mol. The van der Waals surface area contributed by atoms with E-state index in [2.05, 4.69) is 0 Å². The van der Waals surface area contributed by atoms with E-state index >= 15 is 0 Å². The van der Waals surface area contributed by atoms with Crippen LogP contribution in [0.5, 0.6) is 0 Å². The van der Waals surface area contributed by atoms with Crippen LogP contribution in [0, 0.1) is 11.6 Å². The molecule has 1 nitrogen and oxygen atoms in total. The predicted molar refractivity (Wildman–Crippen MR) is 55.4 cm³/mol. The number of rotatable bonds is 3. The SMILES string of the molecule is CCC[C@@H](N)c1ccc(F)cc1F.Cl. The third-order valence-electron chi connectivity index (χ3n) is 1.96. The summed E-state index contributed by atoms with van der Waals surface area (Å²) in [5.74, 6) is -1.12. The van der Waals surface area contributed by atoms with E-state index in [4.69, 9.17) is 5.73 Å². The zero-order chi connectivity index (χ0) is 9.84. The topological polar surface area (TPSA) is 26.0 Å². The molecule has 0 unspecified atom stereocenters. The average molecular weight is 222 g/mol. The predicted octanol–water partition coefficient (Wildman–Crippen LogP) is 3.19. The molecule has 0 radical (unpaired) electrons. The largest absolute Gasteiger partial charge is 0.324 e. The van der Waals surface area contributed by atoms with Crippen LogP contribution in [-0.4, -0.2) is 0 Å². The molecule has 0 spiro atoms. The molecule has 1 atom stereocenters. The Bertz CT molecular complexity index is 291. The molecular formula is C10H14ClF2N. The maximum Gasteiger partial charge on any atom is 0.130 e. The Morgan fingerprint density at radius 3 is 2.50 bits per heavy atom. The molecule has 1 aromatic rings. The Labute approximate surface area is 88.7 Å². The fourth-order valence-corrected chi connectivity index (χ4v) is 1.27.